The number of nitrogens with one attached hydrogen (secondary N) is 1. The Balaban J connectivity index is 1.44. The average Bonchev–Trinajstić information content (AvgIpc) is 3.13. The third kappa shape index (κ3) is 4.34. The summed E-state index contributed by atoms with van der Waals surface area (Å²) in [6, 6.07) is 14.5. The van der Waals surface area contributed by atoms with Gasteiger partial charge in [-0.05, 0) is 17.7 Å². The lowest BCUT2D eigenvalue weighted by molar-refractivity contribution is 0.171. The molecule has 0 fully saturated rings. The molecule has 27 heavy (non-hydrogen) atoms. The van der Waals surface area contributed by atoms with Crippen LogP contribution in [0.5, 0.6) is 11.5 Å². The number of benzene rings is 2. The molecule has 4 rings (SSSR count). The van der Waals surface area contributed by atoms with Crippen molar-refractivity contribution in [3.63, 3.8) is 0 Å². The molecule has 1 N–H and O–H groups in total. The van der Waals surface area contributed by atoms with E-state index in [9.17, 15) is 8.42 Å². The molecule has 2 aromatic carbocycles. The van der Waals surface area contributed by atoms with Gasteiger partial charge in [0.15, 0.2) is 15.8 Å². The third-order valence-corrected chi connectivity index (χ3v) is 7.17. The smallest absolute Gasteiger partial charge is 0.263 e. The van der Waals surface area contributed by atoms with E-state index >= 15 is 0 Å². The average molecular weight is 422 g/mol. The van der Waals surface area contributed by atoms with Crippen molar-refractivity contribution in [1.29, 1.82) is 0 Å². The predicted octanol–water partition coefficient (Wildman–Crippen LogP) is 3.40. The van der Waals surface area contributed by atoms with E-state index in [1.165, 1.54) is 35.2 Å². The van der Waals surface area contributed by atoms with Gasteiger partial charge in [0.1, 0.15) is 13.2 Å². The molecule has 1 aliphatic rings. The second kappa shape index (κ2) is 7.75. The largest absolute Gasteiger partial charge is 0.486 e. The van der Waals surface area contributed by atoms with Crippen LogP contribution in [0.3, 0.4) is 0 Å². The highest BCUT2D eigenvalue weighted by Gasteiger charge is 2.21. The zero-order chi connectivity index (χ0) is 18.7. The van der Waals surface area contributed by atoms with Gasteiger partial charge < -0.3 is 9.47 Å². The van der Waals surface area contributed by atoms with Gasteiger partial charge in [-0.1, -0.05) is 53.4 Å². The molecule has 0 atom stereocenters. The lowest BCUT2D eigenvalue weighted by atomic mass is 10.2. The minimum atomic E-state index is -3.79. The van der Waals surface area contributed by atoms with Crippen LogP contribution < -0.4 is 14.2 Å². The number of hydrogen-bond acceptors (Lipinski definition) is 8. The van der Waals surface area contributed by atoms with Gasteiger partial charge in [-0.25, -0.2) is 8.42 Å². The molecule has 0 spiro atoms. The summed E-state index contributed by atoms with van der Waals surface area (Å²) >= 11 is 2.71. The molecule has 1 aromatic heterocycles. The van der Waals surface area contributed by atoms with E-state index in [-0.39, 0.29) is 10.0 Å². The molecule has 0 unspecified atom stereocenters. The Morgan fingerprint density at radius 2 is 1.81 bits per heavy atom. The molecule has 0 saturated heterocycles. The fraction of sp³-hybridized carbons (Fsp3) is 0.176. The van der Waals surface area contributed by atoms with Crippen LogP contribution in [0.2, 0.25) is 0 Å². The number of aromatic nitrogens is 2. The van der Waals surface area contributed by atoms with Crippen molar-refractivity contribution in [2.24, 2.45) is 0 Å². The molecule has 0 amide bonds. The first kappa shape index (κ1) is 18.1. The van der Waals surface area contributed by atoms with E-state index in [1.54, 1.807) is 6.07 Å². The Morgan fingerprint density at radius 3 is 2.63 bits per heavy atom. The number of sulfonamides is 1. The second-order valence-electron chi connectivity index (χ2n) is 5.56. The van der Waals surface area contributed by atoms with E-state index in [4.69, 9.17) is 9.47 Å². The van der Waals surface area contributed by atoms with Crippen LogP contribution >= 0.6 is 23.1 Å². The Hall–Kier alpha value is -2.30. The Morgan fingerprint density at radius 1 is 1.04 bits per heavy atom. The van der Waals surface area contributed by atoms with Gasteiger partial charge in [-0.15, -0.1) is 10.2 Å². The van der Waals surface area contributed by atoms with Crippen LogP contribution in [0.1, 0.15) is 5.56 Å². The molecule has 2 heterocycles. The maximum atomic E-state index is 12.6. The Kier molecular flexibility index (Phi) is 5.19. The first-order valence-electron chi connectivity index (χ1n) is 8.03. The lowest BCUT2D eigenvalue weighted by Gasteiger charge is -2.18. The summed E-state index contributed by atoms with van der Waals surface area (Å²) in [5, 5.41) is 8.19. The summed E-state index contributed by atoms with van der Waals surface area (Å²) in [7, 11) is -3.79. The normalized spacial score (nSPS) is 13.3. The fourth-order valence-electron chi connectivity index (χ4n) is 2.39. The minimum absolute atomic E-state index is 0.0837. The monoisotopic (exact) mass is 421 g/mol. The zero-order valence-corrected chi connectivity index (χ0v) is 16.4. The van der Waals surface area contributed by atoms with E-state index < -0.39 is 10.0 Å². The van der Waals surface area contributed by atoms with Gasteiger partial charge in [0.05, 0.1) is 4.90 Å². The Labute approximate surface area is 164 Å². The molecule has 1 aliphatic heterocycles. The summed E-state index contributed by atoms with van der Waals surface area (Å²) in [6.45, 7) is 0.841. The highest BCUT2D eigenvalue weighted by molar-refractivity contribution is 8.00. The highest BCUT2D eigenvalue weighted by atomic mass is 32.2. The fourth-order valence-corrected chi connectivity index (χ4v) is 5.35. The second-order valence-corrected chi connectivity index (χ2v) is 9.44. The maximum absolute atomic E-state index is 12.6. The van der Waals surface area contributed by atoms with Crippen LogP contribution in [0.4, 0.5) is 5.13 Å². The van der Waals surface area contributed by atoms with Crippen LogP contribution in [0.15, 0.2) is 57.8 Å². The topological polar surface area (TPSA) is 90.4 Å². The molecule has 0 aliphatic carbocycles. The van der Waals surface area contributed by atoms with E-state index in [0.717, 1.165) is 11.3 Å². The molecule has 7 nitrogen and oxygen atoms in total. The summed E-state index contributed by atoms with van der Waals surface area (Å²) in [4.78, 5) is 0.0837. The van der Waals surface area contributed by atoms with Gasteiger partial charge in [0, 0.05) is 11.8 Å². The summed E-state index contributed by atoms with van der Waals surface area (Å²) in [5.41, 5.74) is 1.16. The van der Waals surface area contributed by atoms with Gasteiger partial charge in [0.25, 0.3) is 10.0 Å². The van der Waals surface area contributed by atoms with Gasteiger partial charge >= 0.3 is 0 Å². The predicted molar refractivity (Wildman–Crippen MR) is 104 cm³/mol. The summed E-state index contributed by atoms with van der Waals surface area (Å²) in [5.74, 6) is 1.70. The summed E-state index contributed by atoms with van der Waals surface area (Å²) < 4.78 is 39.2. The maximum Gasteiger partial charge on any atom is 0.263 e. The zero-order valence-electron chi connectivity index (χ0n) is 14.0. The molecule has 3 aromatic rings. The van der Waals surface area contributed by atoms with E-state index in [0.29, 0.717) is 29.1 Å². The van der Waals surface area contributed by atoms with Crippen molar-refractivity contribution in [2.75, 3.05) is 17.9 Å². The van der Waals surface area contributed by atoms with Crippen molar-refractivity contribution in [3.05, 3.63) is 54.1 Å². The van der Waals surface area contributed by atoms with Crippen molar-refractivity contribution in [1.82, 2.24) is 10.2 Å². The highest BCUT2D eigenvalue weighted by Crippen LogP contribution is 2.34. The third-order valence-electron chi connectivity index (χ3n) is 3.66. The lowest BCUT2D eigenvalue weighted by Crippen LogP contribution is -2.17. The SMILES string of the molecule is O=S(=O)(Nc1nnc(SCc2ccccc2)s1)c1ccc2c(c1)OCCO2. The molecular weight excluding hydrogens is 406 g/mol. The van der Waals surface area contributed by atoms with Gasteiger partial charge in [-0.2, -0.15) is 0 Å². The first-order chi connectivity index (χ1) is 13.1. The van der Waals surface area contributed by atoms with Crippen molar-refractivity contribution < 1.29 is 17.9 Å². The molecule has 10 heteroatoms. The molecular formula is C17H15N3O4S3. The van der Waals surface area contributed by atoms with Gasteiger partial charge in [0.2, 0.25) is 5.13 Å². The number of thioether (sulfide) groups is 1. The number of fused-ring (bicyclic) bond motifs is 1. The minimum Gasteiger partial charge on any atom is -0.486 e. The quantitative estimate of drug-likeness (QED) is 0.610. The van der Waals surface area contributed by atoms with Crippen LogP contribution in [0.25, 0.3) is 0 Å². The van der Waals surface area contributed by atoms with E-state index in [1.807, 2.05) is 30.3 Å². The van der Waals surface area contributed by atoms with Gasteiger partial charge in [-0.3, -0.25) is 4.72 Å². The van der Waals surface area contributed by atoms with E-state index in [2.05, 4.69) is 14.9 Å². The van der Waals surface area contributed by atoms with Crippen LogP contribution in [-0.4, -0.2) is 31.8 Å². The molecule has 140 valence electrons. The number of nitrogens with zero attached hydrogens (tertiary/aromatic N) is 2. The van der Waals surface area contributed by atoms with Crippen molar-refractivity contribution in [2.45, 2.75) is 15.0 Å². The number of hydrogen-bond donors (Lipinski definition) is 1. The van der Waals surface area contributed by atoms with Crippen molar-refractivity contribution >= 4 is 38.3 Å². The molecule has 0 radical (unpaired) electrons. The first-order valence-corrected chi connectivity index (χ1v) is 11.3. The van der Waals surface area contributed by atoms with Crippen molar-refractivity contribution in [3.8, 4) is 11.5 Å². The standard InChI is InChI=1S/C17H15N3O4S3/c21-27(22,13-6-7-14-15(10-13)24-9-8-23-14)20-16-18-19-17(26-16)25-11-12-4-2-1-3-5-12/h1-7,10H,8-9,11H2,(H,18,20). The number of ether oxygens (including phenoxy) is 2. The van der Waals surface area contributed by atoms with Crippen LogP contribution in [0, 0.1) is 0 Å². The summed E-state index contributed by atoms with van der Waals surface area (Å²) in [6.07, 6.45) is 0. The number of anilines is 1. The Bertz CT molecular complexity index is 1040. The molecule has 0 saturated carbocycles. The van der Waals surface area contributed by atoms with Crippen LogP contribution in [-0.2, 0) is 15.8 Å². The molecule has 0 bridgehead atoms. The number of rotatable bonds is 6.